The van der Waals surface area contributed by atoms with Crippen molar-refractivity contribution < 1.29 is 0 Å². The summed E-state index contributed by atoms with van der Waals surface area (Å²) in [7, 11) is 0. The van der Waals surface area contributed by atoms with Crippen molar-refractivity contribution in [1.29, 1.82) is 0 Å². The third-order valence-corrected chi connectivity index (χ3v) is 2.68. The molecule has 0 aromatic heterocycles. The van der Waals surface area contributed by atoms with E-state index in [4.69, 9.17) is 0 Å². The van der Waals surface area contributed by atoms with Gasteiger partial charge in [-0.15, -0.1) is 0 Å². The second-order valence-corrected chi connectivity index (χ2v) is 6.59. The molecule has 0 bridgehead atoms. The highest BCUT2D eigenvalue weighted by Gasteiger charge is 2.16. The molecule has 0 unspecified atom stereocenters. The quantitative estimate of drug-likeness (QED) is 0.477. The molecule has 0 spiro atoms. The molecule has 118 valence electrons. The summed E-state index contributed by atoms with van der Waals surface area (Å²) >= 11 is 0. The molecule has 0 aromatic carbocycles. The van der Waals surface area contributed by atoms with Crippen LogP contribution in [0.25, 0.3) is 0 Å². The smallest absolute Gasteiger partial charge is 0.0285 e. The Labute approximate surface area is 129 Å². The van der Waals surface area contributed by atoms with E-state index in [0.29, 0.717) is 5.41 Å². The van der Waals surface area contributed by atoms with E-state index >= 15 is 0 Å². The van der Waals surface area contributed by atoms with Crippen LogP contribution in [0.5, 0.6) is 0 Å². The van der Waals surface area contributed by atoms with Crippen molar-refractivity contribution in [2.75, 3.05) is 0 Å². The van der Waals surface area contributed by atoms with Gasteiger partial charge < -0.3 is 0 Å². The van der Waals surface area contributed by atoms with Crippen LogP contribution < -0.4 is 0 Å². The van der Waals surface area contributed by atoms with Crippen LogP contribution in [0, 0.1) is 23.2 Å². The Kier molecular flexibility index (Phi) is 14.4. The highest BCUT2D eigenvalue weighted by molar-refractivity contribution is 5.35. The van der Waals surface area contributed by atoms with Gasteiger partial charge in [0.2, 0.25) is 0 Å². The lowest BCUT2D eigenvalue weighted by Crippen LogP contribution is -1.93. The van der Waals surface area contributed by atoms with Crippen molar-refractivity contribution in [3.05, 3.63) is 11.6 Å². The summed E-state index contributed by atoms with van der Waals surface area (Å²) in [6.45, 7) is 16.8. The highest BCUT2D eigenvalue weighted by atomic mass is 14.2. The summed E-state index contributed by atoms with van der Waals surface area (Å²) in [4.78, 5) is 0. The van der Waals surface area contributed by atoms with Gasteiger partial charge in [-0.2, -0.15) is 0 Å². The van der Waals surface area contributed by atoms with Crippen molar-refractivity contribution >= 4 is 0 Å². The first-order valence-corrected chi connectivity index (χ1v) is 8.63. The fourth-order valence-electron chi connectivity index (χ4n) is 2.05. The molecule has 0 heterocycles. The molecule has 0 amide bonds. The molecule has 0 atom stereocenters. The van der Waals surface area contributed by atoms with Crippen LogP contribution >= 0.6 is 0 Å². The SMILES string of the molecule is C1#CC(CC2CCCC2)=CC1.CC.CC.CC(C)(C)C. The Bertz CT molecular complexity index is 278. The molecule has 1 saturated carbocycles. The molecule has 0 saturated heterocycles. The van der Waals surface area contributed by atoms with Gasteiger partial charge in [0.15, 0.2) is 0 Å². The lowest BCUT2D eigenvalue weighted by atomic mass is 9.99. The predicted molar refractivity (Wildman–Crippen MR) is 94.9 cm³/mol. The molecule has 0 heteroatoms. The van der Waals surface area contributed by atoms with E-state index in [1.807, 2.05) is 27.7 Å². The zero-order chi connectivity index (χ0) is 16.0. The Hall–Kier alpha value is -0.700. The van der Waals surface area contributed by atoms with E-state index in [9.17, 15) is 0 Å². The largest absolute Gasteiger partial charge is 0.0940 e. The summed E-state index contributed by atoms with van der Waals surface area (Å²) in [5.41, 5.74) is 1.91. The average Bonchev–Trinajstić information content (AvgIpc) is 3.06. The molecular weight excluding hydrogens is 240 g/mol. The Morgan fingerprint density at radius 3 is 1.80 bits per heavy atom. The number of hydrogen-bond donors (Lipinski definition) is 0. The van der Waals surface area contributed by atoms with Crippen LogP contribution in [-0.4, -0.2) is 0 Å². The molecule has 0 aromatic rings. The molecule has 2 rings (SSSR count). The van der Waals surface area contributed by atoms with Crippen LogP contribution in [0.4, 0.5) is 0 Å². The topological polar surface area (TPSA) is 0 Å². The molecule has 0 N–H and O–H groups in total. The van der Waals surface area contributed by atoms with Crippen LogP contribution in [0.15, 0.2) is 11.6 Å². The van der Waals surface area contributed by atoms with Gasteiger partial charge in [-0.1, -0.05) is 99.0 Å². The van der Waals surface area contributed by atoms with Crippen LogP contribution in [-0.2, 0) is 0 Å². The fourth-order valence-corrected chi connectivity index (χ4v) is 2.05. The zero-order valence-electron chi connectivity index (χ0n) is 15.4. The van der Waals surface area contributed by atoms with Gasteiger partial charge in [0.1, 0.15) is 0 Å². The molecule has 1 fully saturated rings. The van der Waals surface area contributed by atoms with Crippen LogP contribution in [0.3, 0.4) is 0 Å². The van der Waals surface area contributed by atoms with Gasteiger partial charge in [0.05, 0.1) is 0 Å². The Morgan fingerprint density at radius 2 is 1.45 bits per heavy atom. The van der Waals surface area contributed by atoms with E-state index in [1.165, 1.54) is 37.7 Å². The molecule has 20 heavy (non-hydrogen) atoms. The van der Waals surface area contributed by atoms with Gasteiger partial charge in [-0.3, -0.25) is 0 Å². The minimum absolute atomic E-state index is 0.500. The van der Waals surface area contributed by atoms with E-state index in [1.54, 1.807) is 0 Å². The second-order valence-electron chi connectivity index (χ2n) is 6.59. The minimum atomic E-state index is 0.500. The summed E-state index contributed by atoms with van der Waals surface area (Å²) in [6.07, 6.45) is 10.3. The molecule has 0 aliphatic heterocycles. The van der Waals surface area contributed by atoms with E-state index < -0.39 is 0 Å². The lowest BCUT2D eigenvalue weighted by molar-refractivity contribution is 0.469. The average molecular weight is 279 g/mol. The predicted octanol–water partition coefficient (Wildman–Crippen LogP) is 7.01. The van der Waals surface area contributed by atoms with E-state index in [2.05, 4.69) is 45.6 Å². The first-order chi connectivity index (χ1) is 9.45. The number of rotatable bonds is 2. The molecule has 0 nitrogen and oxygen atoms in total. The highest BCUT2D eigenvalue weighted by Crippen LogP contribution is 2.30. The van der Waals surface area contributed by atoms with Crippen molar-refractivity contribution in [1.82, 2.24) is 0 Å². The van der Waals surface area contributed by atoms with Gasteiger partial charge in [0.25, 0.3) is 0 Å². The monoisotopic (exact) mass is 278 g/mol. The van der Waals surface area contributed by atoms with Crippen molar-refractivity contribution in [2.24, 2.45) is 11.3 Å². The van der Waals surface area contributed by atoms with Crippen LogP contribution in [0.1, 0.15) is 93.9 Å². The Balaban J connectivity index is 0. The van der Waals surface area contributed by atoms with Crippen molar-refractivity contribution in [3.63, 3.8) is 0 Å². The van der Waals surface area contributed by atoms with Gasteiger partial charge in [0, 0.05) is 6.42 Å². The molecule has 0 radical (unpaired) electrons. The maximum absolute atomic E-state index is 3.19. The van der Waals surface area contributed by atoms with Crippen LogP contribution in [0.2, 0.25) is 0 Å². The van der Waals surface area contributed by atoms with Crippen molar-refractivity contribution in [2.45, 2.75) is 93.9 Å². The summed E-state index contributed by atoms with van der Waals surface area (Å²) < 4.78 is 0. The van der Waals surface area contributed by atoms with Crippen molar-refractivity contribution in [3.8, 4) is 11.8 Å². The van der Waals surface area contributed by atoms with Gasteiger partial charge in [-0.25, -0.2) is 0 Å². The Morgan fingerprint density at radius 1 is 1.00 bits per heavy atom. The third-order valence-electron chi connectivity index (χ3n) is 2.68. The minimum Gasteiger partial charge on any atom is -0.0940 e. The lowest BCUT2D eigenvalue weighted by Gasteiger charge is -2.05. The third kappa shape index (κ3) is 15.4. The first kappa shape index (κ1) is 21.6. The fraction of sp³-hybridized carbons (Fsp3) is 0.800. The standard InChI is InChI=1S/C11H14.C5H12.2C2H6/c1-2-6-10(5-1)9-11-7-3-4-8-11;1-5(2,3)4;2*1-2/h7,10H,1-3,5-6,9H2;1-4H3;2*1-2H3. The summed E-state index contributed by atoms with van der Waals surface area (Å²) in [6, 6.07) is 0. The maximum atomic E-state index is 3.19. The summed E-state index contributed by atoms with van der Waals surface area (Å²) in [5.74, 6) is 7.26. The van der Waals surface area contributed by atoms with Gasteiger partial charge in [-0.05, 0) is 23.3 Å². The molecule has 2 aliphatic rings. The zero-order valence-corrected chi connectivity index (χ0v) is 15.4. The molecular formula is C20H38. The maximum Gasteiger partial charge on any atom is 0.0285 e. The number of allylic oxidation sites excluding steroid dienone is 2. The van der Waals surface area contributed by atoms with E-state index in [0.717, 1.165) is 12.3 Å². The normalized spacial score (nSPS) is 16.3. The van der Waals surface area contributed by atoms with Gasteiger partial charge >= 0.3 is 0 Å². The molecule has 2 aliphatic carbocycles. The summed E-state index contributed by atoms with van der Waals surface area (Å²) in [5, 5.41) is 0. The number of hydrogen-bond acceptors (Lipinski definition) is 0. The first-order valence-electron chi connectivity index (χ1n) is 8.63. The van der Waals surface area contributed by atoms with E-state index in [-0.39, 0.29) is 0 Å². The second kappa shape index (κ2) is 13.3.